The van der Waals surface area contributed by atoms with E-state index in [9.17, 15) is 10.1 Å². The third kappa shape index (κ3) is 2.17. The zero-order chi connectivity index (χ0) is 12.1. The first-order chi connectivity index (χ1) is 7.61. The van der Waals surface area contributed by atoms with E-state index in [1.165, 1.54) is 19.2 Å². The van der Waals surface area contributed by atoms with Gasteiger partial charge in [-0.05, 0) is 13.0 Å². The second-order valence-electron chi connectivity index (χ2n) is 3.02. The highest BCUT2D eigenvalue weighted by atomic mass is 16.6. The maximum Gasteiger partial charge on any atom is 0.278 e. The lowest BCUT2D eigenvalue weighted by atomic mass is 10.0. The van der Waals surface area contributed by atoms with Crippen LogP contribution in [0.4, 0.5) is 5.69 Å². The summed E-state index contributed by atoms with van der Waals surface area (Å²) in [5.41, 5.74) is 0.347. The van der Waals surface area contributed by atoms with Crippen molar-refractivity contribution in [2.75, 3.05) is 7.11 Å². The Morgan fingerprint density at radius 1 is 1.50 bits per heavy atom. The van der Waals surface area contributed by atoms with Gasteiger partial charge in [-0.25, -0.2) is 0 Å². The van der Waals surface area contributed by atoms with E-state index in [2.05, 4.69) is 0 Å². The van der Waals surface area contributed by atoms with Gasteiger partial charge in [0.05, 0.1) is 17.6 Å². The van der Waals surface area contributed by atoms with Gasteiger partial charge in [0.25, 0.3) is 5.69 Å². The highest BCUT2D eigenvalue weighted by molar-refractivity contribution is 5.82. The van der Waals surface area contributed by atoms with E-state index in [0.717, 1.165) is 0 Å². The Kier molecular flexibility index (Phi) is 3.62. The molecule has 0 aromatic heterocycles. The number of ether oxygens (including phenoxy) is 1. The quantitative estimate of drug-likeness (QED) is 0.338. The summed E-state index contributed by atoms with van der Waals surface area (Å²) in [6.07, 6.45) is 0. The molecule has 0 saturated heterocycles. The van der Waals surface area contributed by atoms with Gasteiger partial charge in [0, 0.05) is 6.07 Å². The zero-order valence-electron chi connectivity index (χ0n) is 8.93. The summed E-state index contributed by atoms with van der Waals surface area (Å²) >= 11 is 0. The first-order valence-corrected chi connectivity index (χ1v) is 4.50. The predicted octanol–water partition coefficient (Wildman–Crippen LogP) is 2.50. The number of hydrogen-bond acceptors (Lipinski definition) is 4. The van der Waals surface area contributed by atoms with E-state index >= 15 is 0 Å². The molecule has 0 fully saturated rings. The molecule has 0 amide bonds. The summed E-state index contributed by atoms with van der Waals surface area (Å²) in [4.78, 5) is 10.3. The van der Waals surface area contributed by atoms with Gasteiger partial charge in [-0.3, -0.25) is 10.1 Å². The highest BCUT2D eigenvalue weighted by Crippen LogP contribution is 2.27. The predicted molar refractivity (Wildman–Crippen MR) is 58.3 cm³/mol. The molecule has 5 heteroatoms. The Hall–Kier alpha value is -2.35. The number of nitriles is 1. The fourth-order valence-corrected chi connectivity index (χ4v) is 1.27. The van der Waals surface area contributed by atoms with Crippen LogP contribution in [0.5, 0.6) is 0 Å². The highest BCUT2D eigenvalue weighted by Gasteiger charge is 2.18. The van der Waals surface area contributed by atoms with Crippen LogP contribution in [0.2, 0.25) is 0 Å². The minimum absolute atomic E-state index is 0.101. The SMILES string of the molecule is COC(C)=C(C#N)c1ccccc1[N+](=O)[O-]. The number of benzene rings is 1. The number of rotatable bonds is 3. The fraction of sp³-hybridized carbons (Fsp3) is 0.182. The van der Waals surface area contributed by atoms with Crippen LogP contribution in [0.1, 0.15) is 12.5 Å². The van der Waals surface area contributed by atoms with Gasteiger partial charge in [0.15, 0.2) is 0 Å². The number of hydrogen-bond donors (Lipinski definition) is 0. The van der Waals surface area contributed by atoms with E-state index < -0.39 is 4.92 Å². The average Bonchev–Trinajstić information content (AvgIpc) is 2.30. The van der Waals surface area contributed by atoms with Crippen molar-refractivity contribution in [2.24, 2.45) is 0 Å². The lowest BCUT2D eigenvalue weighted by Gasteiger charge is -2.04. The van der Waals surface area contributed by atoms with Gasteiger partial charge in [-0.2, -0.15) is 5.26 Å². The third-order valence-electron chi connectivity index (χ3n) is 2.14. The van der Waals surface area contributed by atoms with Crippen LogP contribution in [0.3, 0.4) is 0 Å². The van der Waals surface area contributed by atoms with Gasteiger partial charge in [0.1, 0.15) is 17.4 Å². The van der Waals surface area contributed by atoms with Crippen molar-refractivity contribution < 1.29 is 9.66 Å². The normalized spacial score (nSPS) is 11.3. The molecule has 0 saturated carbocycles. The van der Waals surface area contributed by atoms with Crippen LogP contribution in [0.15, 0.2) is 30.0 Å². The van der Waals surface area contributed by atoms with Crippen molar-refractivity contribution in [3.8, 4) is 6.07 Å². The maximum atomic E-state index is 10.8. The summed E-state index contributed by atoms with van der Waals surface area (Å²) in [7, 11) is 1.42. The Bertz CT molecular complexity index is 486. The Morgan fingerprint density at radius 2 is 2.12 bits per heavy atom. The first kappa shape index (κ1) is 11.7. The number of methoxy groups -OCH3 is 1. The minimum atomic E-state index is -0.518. The topological polar surface area (TPSA) is 76.2 Å². The largest absolute Gasteiger partial charge is 0.500 e. The molecule has 0 aliphatic heterocycles. The van der Waals surface area contributed by atoms with E-state index in [1.54, 1.807) is 19.1 Å². The van der Waals surface area contributed by atoms with Crippen molar-refractivity contribution in [1.29, 1.82) is 5.26 Å². The number of nitro groups is 1. The van der Waals surface area contributed by atoms with Crippen LogP contribution in [-0.4, -0.2) is 12.0 Å². The first-order valence-electron chi connectivity index (χ1n) is 4.50. The molecule has 82 valence electrons. The van der Waals surface area contributed by atoms with Crippen molar-refractivity contribution in [1.82, 2.24) is 0 Å². The molecular weight excluding hydrogens is 208 g/mol. The van der Waals surface area contributed by atoms with E-state index in [4.69, 9.17) is 10.00 Å². The van der Waals surface area contributed by atoms with Gasteiger partial charge >= 0.3 is 0 Å². The maximum absolute atomic E-state index is 10.8. The fourth-order valence-electron chi connectivity index (χ4n) is 1.27. The molecule has 0 unspecified atom stereocenters. The second-order valence-corrected chi connectivity index (χ2v) is 3.02. The van der Waals surface area contributed by atoms with Gasteiger partial charge < -0.3 is 4.74 Å². The molecule has 0 radical (unpaired) electrons. The average molecular weight is 218 g/mol. The Labute approximate surface area is 92.7 Å². The standard InChI is InChI=1S/C11H10N2O3/c1-8(16-2)10(7-12)9-5-3-4-6-11(9)13(14)15/h3-6H,1-2H3. The molecule has 16 heavy (non-hydrogen) atoms. The van der Waals surface area contributed by atoms with E-state index in [1.807, 2.05) is 6.07 Å². The van der Waals surface area contributed by atoms with Crippen molar-refractivity contribution in [2.45, 2.75) is 6.92 Å². The molecule has 0 N–H and O–H groups in total. The summed E-state index contributed by atoms with van der Waals surface area (Å²) in [6.45, 7) is 1.59. The molecule has 0 aliphatic rings. The molecule has 5 nitrogen and oxygen atoms in total. The molecule has 1 aromatic carbocycles. The van der Waals surface area contributed by atoms with Crippen molar-refractivity contribution in [3.05, 3.63) is 45.7 Å². The van der Waals surface area contributed by atoms with Crippen molar-refractivity contribution in [3.63, 3.8) is 0 Å². The monoisotopic (exact) mass is 218 g/mol. The molecule has 0 bridgehead atoms. The van der Waals surface area contributed by atoms with Crippen LogP contribution < -0.4 is 0 Å². The Balaban J connectivity index is 3.44. The molecule has 0 atom stereocenters. The number of allylic oxidation sites excluding steroid dienone is 2. The molecular formula is C11H10N2O3. The smallest absolute Gasteiger partial charge is 0.278 e. The number of nitro benzene ring substituents is 1. The summed E-state index contributed by atoms with van der Waals surface area (Å²) < 4.78 is 4.93. The molecule has 1 aromatic rings. The van der Waals surface area contributed by atoms with Gasteiger partial charge in [-0.15, -0.1) is 0 Å². The summed E-state index contributed by atoms with van der Waals surface area (Å²) in [5, 5.41) is 19.8. The van der Waals surface area contributed by atoms with Crippen molar-refractivity contribution >= 4 is 11.3 Å². The zero-order valence-corrected chi connectivity index (χ0v) is 8.93. The molecule has 0 heterocycles. The van der Waals surface area contributed by atoms with Crippen LogP contribution >= 0.6 is 0 Å². The number of para-hydroxylation sites is 1. The second kappa shape index (κ2) is 4.94. The summed E-state index contributed by atoms with van der Waals surface area (Å²) in [6, 6.07) is 7.99. The van der Waals surface area contributed by atoms with Gasteiger partial charge in [0.2, 0.25) is 0 Å². The van der Waals surface area contributed by atoms with Crippen LogP contribution in [0, 0.1) is 21.4 Å². The molecule has 1 rings (SSSR count). The Morgan fingerprint density at radius 3 is 2.62 bits per heavy atom. The molecule has 0 aliphatic carbocycles. The van der Waals surface area contributed by atoms with Gasteiger partial charge in [-0.1, -0.05) is 12.1 Å². The third-order valence-corrected chi connectivity index (χ3v) is 2.14. The lowest BCUT2D eigenvalue weighted by molar-refractivity contribution is -0.385. The summed E-state index contributed by atoms with van der Waals surface area (Å²) in [5.74, 6) is 0.358. The van der Waals surface area contributed by atoms with E-state index in [0.29, 0.717) is 5.76 Å². The van der Waals surface area contributed by atoms with Crippen LogP contribution in [-0.2, 0) is 4.74 Å². The lowest BCUT2D eigenvalue weighted by Crippen LogP contribution is -1.96. The number of nitrogens with zero attached hydrogens (tertiary/aromatic N) is 2. The molecule has 0 spiro atoms. The minimum Gasteiger partial charge on any atom is -0.500 e. The van der Waals surface area contributed by atoms with E-state index in [-0.39, 0.29) is 16.8 Å². The van der Waals surface area contributed by atoms with Crippen LogP contribution in [0.25, 0.3) is 5.57 Å².